The Hall–Kier alpha value is -1.07. The first-order chi connectivity index (χ1) is 10.2. The number of imidazole rings is 1. The third-order valence-electron chi connectivity index (χ3n) is 4.66. The summed E-state index contributed by atoms with van der Waals surface area (Å²) < 4.78 is 2.25. The number of anilines is 1. The topological polar surface area (TPSA) is 32.6 Å². The third-order valence-corrected chi connectivity index (χ3v) is 5.42. The van der Waals surface area contributed by atoms with Crippen LogP contribution in [0.3, 0.4) is 0 Å². The Morgan fingerprint density at radius 2 is 2.14 bits per heavy atom. The lowest BCUT2D eigenvalue weighted by atomic mass is 9.87. The Kier molecular flexibility index (Phi) is 4.50. The molecule has 4 nitrogen and oxygen atoms in total. The van der Waals surface area contributed by atoms with Gasteiger partial charge in [0.15, 0.2) is 10.8 Å². The Bertz CT molecular complexity index is 578. The summed E-state index contributed by atoms with van der Waals surface area (Å²) in [6, 6.07) is 0. The number of hydrogen-bond donors (Lipinski definition) is 1. The number of thiazole rings is 1. The van der Waals surface area contributed by atoms with Gasteiger partial charge in [-0.1, -0.05) is 20.8 Å². The van der Waals surface area contributed by atoms with Crippen molar-refractivity contribution in [3.8, 4) is 0 Å². The molecule has 1 aliphatic rings. The Morgan fingerprint density at radius 1 is 1.38 bits per heavy atom. The zero-order chi connectivity index (χ0) is 14.8. The van der Waals surface area contributed by atoms with E-state index in [0.29, 0.717) is 0 Å². The van der Waals surface area contributed by atoms with Gasteiger partial charge in [-0.05, 0) is 31.2 Å². The maximum Gasteiger partial charge on any atom is 0.195 e. The summed E-state index contributed by atoms with van der Waals surface area (Å²) in [5.41, 5.74) is 1.32. The van der Waals surface area contributed by atoms with E-state index in [-0.39, 0.29) is 0 Å². The van der Waals surface area contributed by atoms with Gasteiger partial charge in [-0.15, -0.1) is 11.3 Å². The van der Waals surface area contributed by atoms with Gasteiger partial charge in [0, 0.05) is 31.2 Å². The SMILES string of the molecule is CCNCc1c(N2CCC(C(C)C)CC2)nc2sccn12. The molecule has 1 fully saturated rings. The van der Waals surface area contributed by atoms with Crippen LogP contribution < -0.4 is 10.2 Å². The van der Waals surface area contributed by atoms with Crippen molar-refractivity contribution in [1.29, 1.82) is 0 Å². The van der Waals surface area contributed by atoms with Crippen molar-refractivity contribution >= 4 is 22.1 Å². The first-order valence-electron chi connectivity index (χ1n) is 8.10. The molecule has 2 aromatic heterocycles. The summed E-state index contributed by atoms with van der Waals surface area (Å²) in [4.78, 5) is 8.49. The van der Waals surface area contributed by atoms with Crippen molar-refractivity contribution in [3.63, 3.8) is 0 Å². The number of nitrogens with one attached hydrogen (secondary N) is 1. The number of rotatable bonds is 5. The average molecular weight is 306 g/mol. The fraction of sp³-hybridized carbons (Fsp3) is 0.688. The van der Waals surface area contributed by atoms with Crippen molar-refractivity contribution < 1.29 is 0 Å². The molecule has 0 aliphatic carbocycles. The van der Waals surface area contributed by atoms with Gasteiger partial charge >= 0.3 is 0 Å². The molecule has 21 heavy (non-hydrogen) atoms. The van der Waals surface area contributed by atoms with Crippen molar-refractivity contribution in [3.05, 3.63) is 17.3 Å². The zero-order valence-electron chi connectivity index (χ0n) is 13.3. The van der Waals surface area contributed by atoms with Gasteiger partial charge < -0.3 is 10.2 Å². The lowest BCUT2D eigenvalue weighted by Gasteiger charge is -2.34. The number of nitrogens with zero attached hydrogens (tertiary/aromatic N) is 3. The van der Waals surface area contributed by atoms with E-state index in [4.69, 9.17) is 4.98 Å². The lowest BCUT2D eigenvalue weighted by Crippen LogP contribution is -2.36. The van der Waals surface area contributed by atoms with Gasteiger partial charge in [-0.2, -0.15) is 0 Å². The largest absolute Gasteiger partial charge is 0.355 e. The van der Waals surface area contributed by atoms with Gasteiger partial charge in [-0.25, -0.2) is 4.98 Å². The summed E-state index contributed by atoms with van der Waals surface area (Å²) in [6.07, 6.45) is 4.73. The molecule has 3 rings (SSSR count). The minimum Gasteiger partial charge on any atom is -0.355 e. The second-order valence-electron chi connectivity index (χ2n) is 6.29. The van der Waals surface area contributed by atoms with E-state index in [1.807, 2.05) is 0 Å². The molecule has 0 saturated carbocycles. The molecule has 0 bridgehead atoms. The maximum atomic E-state index is 4.89. The minimum absolute atomic E-state index is 0.805. The fourth-order valence-corrected chi connectivity index (χ4v) is 3.99. The quantitative estimate of drug-likeness (QED) is 0.919. The van der Waals surface area contributed by atoms with Gasteiger partial charge in [0.25, 0.3) is 0 Å². The molecule has 1 aliphatic heterocycles. The van der Waals surface area contributed by atoms with Gasteiger partial charge in [-0.3, -0.25) is 4.40 Å². The van der Waals surface area contributed by atoms with Crippen LogP contribution in [0.25, 0.3) is 4.96 Å². The van der Waals surface area contributed by atoms with E-state index in [0.717, 1.165) is 43.0 Å². The van der Waals surface area contributed by atoms with Crippen LogP contribution in [-0.2, 0) is 6.54 Å². The second kappa shape index (κ2) is 6.36. The summed E-state index contributed by atoms with van der Waals surface area (Å²) in [5.74, 6) is 2.88. The molecule has 0 amide bonds. The summed E-state index contributed by atoms with van der Waals surface area (Å²) >= 11 is 1.72. The number of aromatic nitrogens is 2. The number of hydrogen-bond acceptors (Lipinski definition) is 4. The van der Waals surface area contributed by atoms with Crippen LogP contribution in [0.5, 0.6) is 0 Å². The number of fused-ring (bicyclic) bond motifs is 1. The molecule has 116 valence electrons. The van der Waals surface area contributed by atoms with Crippen LogP contribution in [0, 0.1) is 11.8 Å². The van der Waals surface area contributed by atoms with E-state index in [9.17, 15) is 0 Å². The first-order valence-corrected chi connectivity index (χ1v) is 8.98. The Morgan fingerprint density at radius 3 is 2.81 bits per heavy atom. The highest BCUT2D eigenvalue weighted by atomic mass is 32.1. The zero-order valence-corrected chi connectivity index (χ0v) is 14.1. The minimum atomic E-state index is 0.805. The van der Waals surface area contributed by atoms with E-state index in [1.165, 1.54) is 24.4 Å². The van der Waals surface area contributed by atoms with Crippen LogP contribution in [-0.4, -0.2) is 29.0 Å². The molecule has 2 aromatic rings. The highest BCUT2D eigenvalue weighted by Crippen LogP contribution is 2.30. The lowest BCUT2D eigenvalue weighted by molar-refractivity contribution is 0.310. The van der Waals surface area contributed by atoms with Crippen molar-refractivity contribution in [1.82, 2.24) is 14.7 Å². The van der Waals surface area contributed by atoms with Crippen molar-refractivity contribution in [2.24, 2.45) is 11.8 Å². The maximum absolute atomic E-state index is 4.89. The summed E-state index contributed by atoms with van der Waals surface area (Å²) in [6.45, 7) is 11.0. The molecule has 0 spiro atoms. The molecule has 0 radical (unpaired) electrons. The standard InChI is InChI=1S/C16H26N4S/c1-4-17-11-14-15(18-16-20(14)9-10-21-16)19-7-5-13(6-8-19)12(2)3/h9-10,12-13,17H,4-8,11H2,1-3H3. The Balaban J connectivity index is 1.81. The molecule has 0 aromatic carbocycles. The highest BCUT2D eigenvalue weighted by Gasteiger charge is 2.25. The predicted molar refractivity (Wildman–Crippen MR) is 90.2 cm³/mol. The summed E-state index contributed by atoms with van der Waals surface area (Å²) in [7, 11) is 0. The highest BCUT2D eigenvalue weighted by molar-refractivity contribution is 7.15. The van der Waals surface area contributed by atoms with Crippen molar-refractivity contribution in [2.75, 3.05) is 24.5 Å². The Labute approximate surface area is 131 Å². The summed E-state index contributed by atoms with van der Waals surface area (Å²) in [5, 5.41) is 5.57. The van der Waals surface area contributed by atoms with Gasteiger partial charge in [0.05, 0.1) is 5.69 Å². The number of piperidine rings is 1. The molecule has 0 unspecified atom stereocenters. The second-order valence-corrected chi connectivity index (χ2v) is 7.16. The average Bonchev–Trinajstić information content (AvgIpc) is 3.06. The smallest absolute Gasteiger partial charge is 0.195 e. The van der Waals surface area contributed by atoms with Gasteiger partial charge in [0.2, 0.25) is 0 Å². The van der Waals surface area contributed by atoms with Crippen LogP contribution in [0.2, 0.25) is 0 Å². The first kappa shape index (κ1) is 14.9. The van der Waals surface area contributed by atoms with E-state index in [1.54, 1.807) is 11.3 Å². The molecule has 0 atom stereocenters. The van der Waals surface area contributed by atoms with E-state index in [2.05, 4.69) is 47.0 Å². The van der Waals surface area contributed by atoms with Crippen LogP contribution in [0.4, 0.5) is 5.82 Å². The fourth-order valence-electron chi connectivity index (χ4n) is 3.26. The monoisotopic (exact) mass is 306 g/mol. The molecule has 5 heteroatoms. The molecular formula is C16H26N4S. The predicted octanol–water partition coefficient (Wildman–Crippen LogP) is 3.38. The third kappa shape index (κ3) is 2.94. The van der Waals surface area contributed by atoms with Crippen LogP contribution in [0.15, 0.2) is 11.6 Å². The molecule has 1 saturated heterocycles. The van der Waals surface area contributed by atoms with E-state index >= 15 is 0 Å². The van der Waals surface area contributed by atoms with E-state index < -0.39 is 0 Å². The van der Waals surface area contributed by atoms with Gasteiger partial charge in [0.1, 0.15) is 0 Å². The molecule has 1 N–H and O–H groups in total. The van der Waals surface area contributed by atoms with Crippen LogP contribution in [0.1, 0.15) is 39.3 Å². The van der Waals surface area contributed by atoms with Crippen LogP contribution >= 0.6 is 11.3 Å². The molecular weight excluding hydrogens is 280 g/mol. The van der Waals surface area contributed by atoms with Crippen molar-refractivity contribution in [2.45, 2.75) is 40.2 Å². The molecule has 3 heterocycles. The normalized spacial score (nSPS) is 17.2.